The Kier molecular flexibility index (Phi) is 12.1. The zero-order chi connectivity index (χ0) is 29.7. The van der Waals surface area contributed by atoms with E-state index in [-0.39, 0.29) is 24.3 Å². The van der Waals surface area contributed by atoms with Crippen molar-refractivity contribution in [3.05, 3.63) is 94.5 Å². The fraction of sp³-hybridized carbons (Fsp3) is 0.429. The molecule has 1 aliphatic rings. The van der Waals surface area contributed by atoms with Crippen molar-refractivity contribution in [2.75, 3.05) is 13.2 Å². The third-order valence-corrected chi connectivity index (χ3v) is 7.98. The summed E-state index contributed by atoms with van der Waals surface area (Å²) in [6.07, 6.45) is 6.62. The van der Waals surface area contributed by atoms with Crippen LogP contribution in [0.25, 0.3) is 0 Å². The second kappa shape index (κ2) is 16.2. The molecule has 1 aliphatic carbocycles. The SMILES string of the molecule is CCOc1ccc(CCC(=O)N(Cc2ccc(Cl)cc2)[C@H](Cc2ccccc2)C(=O)NC2CCCCC2)cc1OCC. The quantitative estimate of drug-likeness (QED) is 0.216. The molecule has 42 heavy (non-hydrogen) atoms. The van der Waals surface area contributed by atoms with Gasteiger partial charge in [-0.15, -0.1) is 0 Å². The lowest BCUT2D eigenvalue weighted by molar-refractivity contribution is -0.141. The van der Waals surface area contributed by atoms with Gasteiger partial charge in [0.05, 0.1) is 13.2 Å². The van der Waals surface area contributed by atoms with Crippen LogP contribution in [0, 0.1) is 0 Å². The largest absolute Gasteiger partial charge is 0.490 e. The predicted molar refractivity (Wildman–Crippen MR) is 168 cm³/mol. The zero-order valence-corrected chi connectivity index (χ0v) is 25.6. The predicted octanol–water partition coefficient (Wildman–Crippen LogP) is 7.16. The van der Waals surface area contributed by atoms with E-state index < -0.39 is 6.04 Å². The Morgan fingerprint density at radius 1 is 0.857 bits per heavy atom. The molecule has 0 saturated heterocycles. The number of aryl methyl sites for hydroxylation is 1. The molecule has 1 fully saturated rings. The zero-order valence-electron chi connectivity index (χ0n) is 24.8. The van der Waals surface area contributed by atoms with E-state index in [2.05, 4.69) is 5.32 Å². The van der Waals surface area contributed by atoms with Crippen LogP contribution in [-0.2, 0) is 29.0 Å². The van der Waals surface area contributed by atoms with Crippen LogP contribution < -0.4 is 14.8 Å². The summed E-state index contributed by atoms with van der Waals surface area (Å²) in [5.41, 5.74) is 2.92. The lowest BCUT2D eigenvalue weighted by Gasteiger charge is -2.33. The minimum absolute atomic E-state index is 0.0727. The van der Waals surface area contributed by atoms with Crippen LogP contribution in [0.5, 0.6) is 11.5 Å². The number of amides is 2. The Labute approximate surface area is 255 Å². The number of benzene rings is 3. The Morgan fingerprint density at radius 2 is 1.52 bits per heavy atom. The van der Waals surface area contributed by atoms with Crippen molar-refractivity contribution in [1.29, 1.82) is 0 Å². The maximum absolute atomic E-state index is 14.1. The van der Waals surface area contributed by atoms with Gasteiger partial charge in [0.2, 0.25) is 11.8 Å². The van der Waals surface area contributed by atoms with Gasteiger partial charge in [0.25, 0.3) is 0 Å². The van der Waals surface area contributed by atoms with Gasteiger partial charge in [-0.1, -0.05) is 79.4 Å². The first-order valence-corrected chi connectivity index (χ1v) is 15.6. The summed E-state index contributed by atoms with van der Waals surface area (Å²) >= 11 is 6.16. The maximum atomic E-state index is 14.1. The normalized spacial score (nSPS) is 14.2. The fourth-order valence-electron chi connectivity index (χ4n) is 5.53. The van der Waals surface area contributed by atoms with Gasteiger partial charge < -0.3 is 19.7 Å². The topological polar surface area (TPSA) is 67.9 Å². The second-order valence-corrected chi connectivity index (χ2v) is 11.3. The minimum atomic E-state index is -0.642. The first-order valence-electron chi connectivity index (χ1n) is 15.2. The number of nitrogens with zero attached hydrogens (tertiary/aromatic N) is 1. The molecule has 0 radical (unpaired) electrons. The van der Waals surface area contributed by atoms with Crippen LogP contribution in [0.4, 0.5) is 0 Å². The summed E-state index contributed by atoms with van der Waals surface area (Å²) in [5, 5.41) is 3.93. The molecule has 7 heteroatoms. The molecule has 0 aliphatic heterocycles. The second-order valence-electron chi connectivity index (χ2n) is 10.8. The lowest BCUT2D eigenvalue weighted by Crippen LogP contribution is -2.52. The smallest absolute Gasteiger partial charge is 0.243 e. The number of carbonyl (C=O) groups is 2. The molecule has 1 N–H and O–H groups in total. The third kappa shape index (κ3) is 9.25. The van der Waals surface area contributed by atoms with E-state index in [1.54, 1.807) is 4.90 Å². The van der Waals surface area contributed by atoms with Crippen molar-refractivity contribution < 1.29 is 19.1 Å². The Hall–Kier alpha value is -3.51. The highest BCUT2D eigenvalue weighted by molar-refractivity contribution is 6.30. The molecule has 224 valence electrons. The number of nitrogens with one attached hydrogen (secondary N) is 1. The average molecular weight is 591 g/mol. The molecule has 1 saturated carbocycles. The Bertz CT molecular complexity index is 1280. The van der Waals surface area contributed by atoms with Gasteiger partial charge in [0, 0.05) is 30.5 Å². The number of rotatable bonds is 14. The monoisotopic (exact) mass is 590 g/mol. The molecule has 3 aromatic rings. The number of carbonyl (C=O) groups excluding carboxylic acids is 2. The van der Waals surface area contributed by atoms with Crippen molar-refractivity contribution in [3.63, 3.8) is 0 Å². The Morgan fingerprint density at radius 3 is 2.21 bits per heavy atom. The highest BCUT2D eigenvalue weighted by atomic mass is 35.5. The van der Waals surface area contributed by atoms with Gasteiger partial charge in [-0.2, -0.15) is 0 Å². The first kappa shape index (κ1) is 31.4. The number of hydrogen-bond donors (Lipinski definition) is 1. The van der Waals surface area contributed by atoms with E-state index in [1.807, 2.05) is 86.6 Å². The molecule has 0 spiro atoms. The molecule has 0 unspecified atom stereocenters. The van der Waals surface area contributed by atoms with Crippen molar-refractivity contribution in [1.82, 2.24) is 10.2 Å². The highest BCUT2D eigenvalue weighted by Crippen LogP contribution is 2.29. The standard InChI is InChI=1S/C35H43ClN2O4/c1-3-41-32-21-17-27(24-33(32)42-4-2)18-22-34(39)38(25-28-15-19-29(36)20-16-28)31(23-26-11-7-5-8-12-26)35(40)37-30-13-9-6-10-14-30/h5,7-8,11-12,15-17,19-21,24,30-31H,3-4,6,9-10,13-14,18,22-23,25H2,1-2H3,(H,37,40)/t31-/m1/s1. The molecule has 2 amide bonds. The average Bonchev–Trinajstić information content (AvgIpc) is 3.01. The van der Waals surface area contributed by atoms with Gasteiger partial charge in [-0.25, -0.2) is 0 Å². The van der Waals surface area contributed by atoms with Gasteiger partial charge in [-0.05, 0) is 74.1 Å². The Balaban J connectivity index is 1.59. The van der Waals surface area contributed by atoms with E-state index in [0.717, 1.165) is 42.4 Å². The molecule has 3 aromatic carbocycles. The lowest BCUT2D eigenvalue weighted by atomic mass is 9.94. The number of hydrogen-bond acceptors (Lipinski definition) is 4. The van der Waals surface area contributed by atoms with Crippen molar-refractivity contribution in [2.24, 2.45) is 0 Å². The summed E-state index contributed by atoms with van der Waals surface area (Å²) in [4.78, 5) is 29.8. The molecule has 4 rings (SSSR count). The molecule has 6 nitrogen and oxygen atoms in total. The van der Waals surface area contributed by atoms with Crippen molar-refractivity contribution in [2.45, 2.75) is 83.8 Å². The fourth-order valence-corrected chi connectivity index (χ4v) is 5.66. The summed E-state index contributed by atoms with van der Waals surface area (Å²) in [6.45, 7) is 5.26. The molecule has 0 aromatic heterocycles. The molecule has 0 heterocycles. The van der Waals surface area contributed by atoms with E-state index in [4.69, 9.17) is 21.1 Å². The summed E-state index contributed by atoms with van der Waals surface area (Å²) in [7, 11) is 0. The summed E-state index contributed by atoms with van der Waals surface area (Å²) in [6, 6.07) is 22.7. The minimum Gasteiger partial charge on any atom is -0.490 e. The van der Waals surface area contributed by atoms with Crippen LogP contribution in [-0.4, -0.2) is 42.0 Å². The molecule has 0 bridgehead atoms. The van der Waals surface area contributed by atoms with E-state index in [9.17, 15) is 9.59 Å². The van der Waals surface area contributed by atoms with Crippen molar-refractivity contribution >= 4 is 23.4 Å². The van der Waals surface area contributed by atoms with Crippen molar-refractivity contribution in [3.8, 4) is 11.5 Å². The maximum Gasteiger partial charge on any atom is 0.243 e. The highest BCUT2D eigenvalue weighted by Gasteiger charge is 2.31. The third-order valence-electron chi connectivity index (χ3n) is 7.72. The van der Waals surface area contributed by atoms with Gasteiger partial charge in [0.15, 0.2) is 11.5 Å². The van der Waals surface area contributed by atoms with Gasteiger partial charge in [-0.3, -0.25) is 9.59 Å². The van der Waals surface area contributed by atoms with Crippen LogP contribution >= 0.6 is 11.6 Å². The van der Waals surface area contributed by atoms with Gasteiger partial charge >= 0.3 is 0 Å². The van der Waals surface area contributed by atoms with Crippen LogP contribution in [0.15, 0.2) is 72.8 Å². The molecular weight excluding hydrogens is 548 g/mol. The number of halogens is 1. The van der Waals surface area contributed by atoms with E-state index in [0.29, 0.717) is 49.1 Å². The van der Waals surface area contributed by atoms with Crippen LogP contribution in [0.1, 0.15) is 69.1 Å². The number of ether oxygens (including phenoxy) is 2. The summed E-state index contributed by atoms with van der Waals surface area (Å²) < 4.78 is 11.5. The van der Waals surface area contributed by atoms with E-state index >= 15 is 0 Å². The molecular formula is C35H43ClN2O4. The first-order chi connectivity index (χ1) is 20.5. The molecule has 1 atom stereocenters. The van der Waals surface area contributed by atoms with Crippen LogP contribution in [0.2, 0.25) is 5.02 Å². The van der Waals surface area contributed by atoms with E-state index in [1.165, 1.54) is 6.42 Å². The summed E-state index contributed by atoms with van der Waals surface area (Å²) in [5.74, 6) is 1.21. The van der Waals surface area contributed by atoms with Gasteiger partial charge in [0.1, 0.15) is 6.04 Å². The van der Waals surface area contributed by atoms with Crippen LogP contribution in [0.3, 0.4) is 0 Å².